The number of amides is 1. The Kier molecular flexibility index (Phi) is 5.53. The van der Waals surface area contributed by atoms with E-state index in [2.05, 4.69) is 5.32 Å². The Morgan fingerprint density at radius 3 is 2.54 bits per heavy atom. The fourth-order valence-corrected chi connectivity index (χ4v) is 2.20. The number of carbonyl (C=O) groups excluding carboxylic acids is 1. The topological polar surface area (TPSA) is 96.0 Å². The third-order valence-electron chi connectivity index (χ3n) is 2.97. The quantitative estimate of drug-likeness (QED) is 0.376. The van der Waals surface area contributed by atoms with Crippen molar-refractivity contribution in [3.8, 4) is 6.07 Å². The zero-order valence-corrected chi connectivity index (χ0v) is 13.5. The molecule has 0 saturated carbocycles. The van der Waals surface area contributed by atoms with Crippen molar-refractivity contribution in [1.82, 2.24) is 0 Å². The summed E-state index contributed by atoms with van der Waals surface area (Å²) in [5.74, 6) is -0.714. The van der Waals surface area contributed by atoms with Gasteiger partial charge in [0.2, 0.25) is 0 Å². The third-order valence-corrected chi connectivity index (χ3v) is 3.63. The van der Waals surface area contributed by atoms with Crippen LogP contribution in [0.3, 0.4) is 0 Å². The van der Waals surface area contributed by atoms with Gasteiger partial charge in [0.15, 0.2) is 0 Å². The van der Waals surface area contributed by atoms with Gasteiger partial charge in [0.1, 0.15) is 16.7 Å². The molecule has 0 fully saturated rings. The minimum Gasteiger partial charge on any atom is -0.321 e. The standard InChI is InChI=1S/C16H9Cl2N3O3/c17-13-4-2-1-3-10(13)7-11(9-19)16(22)20-12-5-6-14(18)15(8-12)21(23)24/h1-8H,(H,20,22)/b11-7+. The van der Waals surface area contributed by atoms with Crippen LogP contribution in [0.1, 0.15) is 5.56 Å². The van der Waals surface area contributed by atoms with Gasteiger partial charge in [0.05, 0.1) is 4.92 Å². The van der Waals surface area contributed by atoms with Crippen molar-refractivity contribution in [3.05, 3.63) is 73.8 Å². The normalized spacial score (nSPS) is 10.8. The van der Waals surface area contributed by atoms with Crippen LogP contribution < -0.4 is 5.32 Å². The third kappa shape index (κ3) is 4.10. The first-order valence-electron chi connectivity index (χ1n) is 6.54. The molecule has 120 valence electrons. The average molecular weight is 362 g/mol. The molecule has 1 N–H and O–H groups in total. The first-order valence-corrected chi connectivity index (χ1v) is 7.29. The van der Waals surface area contributed by atoms with Crippen LogP contribution in [0.15, 0.2) is 48.0 Å². The summed E-state index contributed by atoms with van der Waals surface area (Å²) in [6.45, 7) is 0. The first-order chi connectivity index (χ1) is 11.4. The molecule has 2 aromatic rings. The first kappa shape index (κ1) is 17.5. The van der Waals surface area contributed by atoms with E-state index in [-0.39, 0.29) is 22.0 Å². The molecular weight excluding hydrogens is 353 g/mol. The van der Waals surface area contributed by atoms with E-state index in [1.807, 2.05) is 0 Å². The Bertz CT molecular complexity index is 888. The van der Waals surface area contributed by atoms with Gasteiger partial charge in [0, 0.05) is 16.8 Å². The number of rotatable bonds is 4. The number of nitro groups is 1. The predicted molar refractivity (Wildman–Crippen MR) is 91.8 cm³/mol. The van der Waals surface area contributed by atoms with Crippen molar-refractivity contribution < 1.29 is 9.72 Å². The number of halogens is 2. The van der Waals surface area contributed by atoms with Crippen molar-refractivity contribution in [2.24, 2.45) is 0 Å². The smallest absolute Gasteiger partial charge is 0.289 e. The zero-order valence-electron chi connectivity index (χ0n) is 12.0. The van der Waals surface area contributed by atoms with Crippen LogP contribution in [0.2, 0.25) is 10.0 Å². The Labute approximate surface area is 147 Å². The molecular formula is C16H9Cl2N3O3. The molecule has 6 nitrogen and oxygen atoms in total. The lowest BCUT2D eigenvalue weighted by Crippen LogP contribution is -2.13. The second-order valence-corrected chi connectivity index (χ2v) is 5.38. The van der Waals surface area contributed by atoms with Crippen LogP contribution in [0.25, 0.3) is 6.08 Å². The molecule has 0 radical (unpaired) electrons. The molecule has 24 heavy (non-hydrogen) atoms. The molecule has 0 bridgehead atoms. The SMILES string of the molecule is N#C/C(=C\c1ccccc1Cl)C(=O)Nc1ccc(Cl)c([N+](=O)[O-])c1. The molecule has 0 unspecified atom stereocenters. The van der Waals surface area contributed by atoms with E-state index in [0.29, 0.717) is 10.6 Å². The Morgan fingerprint density at radius 1 is 1.21 bits per heavy atom. The van der Waals surface area contributed by atoms with Crippen LogP contribution in [0, 0.1) is 21.4 Å². The summed E-state index contributed by atoms with van der Waals surface area (Å²) < 4.78 is 0. The highest BCUT2D eigenvalue weighted by Crippen LogP contribution is 2.27. The van der Waals surface area contributed by atoms with E-state index >= 15 is 0 Å². The second kappa shape index (κ2) is 7.59. The van der Waals surface area contributed by atoms with Crippen molar-refractivity contribution >= 4 is 46.6 Å². The number of carbonyl (C=O) groups is 1. The summed E-state index contributed by atoms with van der Waals surface area (Å²) in [5, 5.41) is 22.8. The molecule has 0 saturated heterocycles. The van der Waals surface area contributed by atoms with Gasteiger partial charge in [-0.05, 0) is 29.8 Å². The van der Waals surface area contributed by atoms with E-state index in [0.717, 1.165) is 6.07 Å². The fourth-order valence-electron chi connectivity index (χ4n) is 1.83. The van der Waals surface area contributed by atoms with Gasteiger partial charge in [-0.25, -0.2) is 0 Å². The molecule has 2 rings (SSSR count). The Hall–Kier alpha value is -2.88. The highest BCUT2D eigenvalue weighted by Gasteiger charge is 2.15. The van der Waals surface area contributed by atoms with Gasteiger partial charge in [-0.2, -0.15) is 5.26 Å². The zero-order chi connectivity index (χ0) is 17.7. The summed E-state index contributed by atoms with van der Waals surface area (Å²) in [6.07, 6.45) is 1.34. The molecule has 0 aliphatic heterocycles. The number of nitriles is 1. The summed E-state index contributed by atoms with van der Waals surface area (Å²) in [6, 6.07) is 12.3. The number of anilines is 1. The van der Waals surface area contributed by atoms with Gasteiger partial charge < -0.3 is 5.32 Å². The van der Waals surface area contributed by atoms with Crippen LogP contribution in [0.4, 0.5) is 11.4 Å². The van der Waals surface area contributed by atoms with E-state index in [4.69, 9.17) is 28.5 Å². The van der Waals surface area contributed by atoms with Crippen molar-refractivity contribution in [1.29, 1.82) is 5.26 Å². The van der Waals surface area contributed by atoms with Crippen molar-refractivity contribution in [2.75, 3.05) is 5.32 Å². The maximum atomic E-state index is 12.2. The Morgan fingerprint density at radius 2 is 1.92 bits per heavy atom. The highest BCUT2D eigenvalue weighted by atomic mass is 35.5. The molecule has 8 heteroatoms. The lowest BCUT2D eigenvalue weighted by molar-refractivity contribution is -0.384. The minimum atomic E-state index is -0.714. The van der Waals surface area contributed by atoms with Gasteiger partial charge in [-0.15, -0.1) is 0 Å². The molecule has 0 atom stereocenters. The number of nitro benzene ring substituents is 1. The van der Waals surface area contributed by atoms with E-state index in [9.17, 15) is 14.9 Å². The number of hydrogen-bond donors (Lipinski definition) is 1. The van der Waals surface area contributed by atoms with Crippen LogP contribution in [-0.4, -0.2) is 10.8 Å². The van der Waals surface area contributed by atoms with E-state index in [1.165, 1.54) is 18.2 Å². The van der Waals surface area contributed by atoms with E-state index < -0.39 is 10.8 Å². The molecule has 0 aliphatic carbocycles. The molecule has 0 spiro atoms. The van der Waals surface area contributed by atoms with Crippen molar-refractivity contribution in [2.45, 2.75) is 0 Å². The van der Waals surface area contributed by atoms with Gasteiger partial charge in [-0.1, -0.05) is 41.4 Å². The lowest BCUT2D eigenvalue weighted by Gasteiger charge is -2.05. The molecule has 1 amide bonds. The minimum absolute atomic E-state index is 0.0508. The maximum absolute atomic E-state index is 12.2. The monoisotopic (exact) mass is 361 g/mol. The van der Waals surface area contributed by atoms with Crippen LogP contribution in [-0.2, 0) is 4.79 Å². The number of nitrogens with zero attached hydrogens (tertiary/aromatic N) is 2. The highest BCUT2D eigenvalue weighted by molar-refractivity contribution is 6.33. The second-order valence-electron chi connectivity index (χ2n) is 4.57. The summed E-state index contributed by atoms with van der Waals surface area (Å²) in [7, 11) is 0. The molecule has 0 aliphatic rings. The summed E-state index contributed by atoms with van der Waals surface area (Å²) >= 11 is 11.7. The number of nitrogens with one attached hydrogen (secondary N) is 1. The molecule has 2 aromatic carbocycles. The summed E-state index contributed by atoms with van der Waals surface area (Å²) in [4.78, 5) is 22.4. The van der Waals surface area contributed by atoms with Crippen molar-refractivity contribution in [3.63, 3.8) is 0 Å². The number of hydrogen-bond acceptors (Lipinski definition) is 4. The van der Waals surface area contributed by atoms with E-state index in [1.54, 1.807) is 30.3 Å². The van der Waals surface area contributed by atoms with Crippen LogP contribution >= 0.6 is 23.2 Å². The summed E-state index contributed by atoms with van der Waals surface area (Å²) in [5.41, 5.74) is 0.119. The van der Waals surface area contributed by atoms with Gasteiger partial charge in [0.25, 0.3) is 11.6 Å². The predicted octanol–water partition coefficient (Wildman–Crippen LogP) is 4.45. The number of benzene rings is 2. The lowest BCUT2D eigenvalue weighted by atomic mass is 10.1. The van der Waals surface area contributed by atoms with Crippen LogP contribution in [0.5, 0.6) is 0 Å². The molecule has 0 aromatic heterocycles. The largest absolute Gasteiger partial charge is 0.321 e. The average Bonchev–Trinajstić information content (AvgIpc) is 2.55. The maximum Gasteiger partial charge on any atom is 0.289 e. The fraction of sp³-hybridized carbons (Fsp3) is 0. The Balaban J connectivity index is 2.28. The van der Waals surface area contributed by atoms with Gasteiger partial charge in [-0.3, -0.25) is 14.9 Å². The van der Waals surface area contributed by atoms with Gasteiger partial charge >= 0.3 is 0 Å². The molecule has 0 heterocycles.